The highest BCUT2D eigenvalue weighted by atomic mass is 35.5. The zero-order valence-corrected chi connectivity index (χ0v) is 18.4. The van der Waals surface area contributed by atoms with Crippen LogP contribution in [-0.2, 0) is 0 Å². The fraction of sp³-hybridized carbons (Fsp3) is 0. The Morgan fingerprint density at radius 3 is 1.61 bits per heavy atom. The normalized spacial score (nSPS) is 13.2. The van der Waals surface area contributed by atoms with Crippen molar-refractivity contribution in [1.29, 1.82) is 0 Å². The molecule has 0 saturated heterocycles. The van der Waals surface area contributed by atoms with Crippen molar-refractivity contribution in [2.24, 2.45) is 0 Å². The first kappa shape index (κ1) is 19.9. The van der Waals surface area contributed by atoms with Crippen LogP contribution in [0.4, 0.5) is 5.69 Å². The fourth-order valence-corrected chi connectivity index (χ4v) is 4.35. The number of hydrogen-bond acceptors (Lipinski definition) is 4. The molecule has 6 rings (SSSR count). The lowest BCUT2D eigenvalue weighted by Gasteiger charge is -2.14. The van der Waals surface area contributed by atoms with E-state index in [0.717, 1.165) is 15.7 Å². The number of carbonyl (C=O) groups excluding carboxylic acids is 2. The highest BCUT2D eigenvalue weighted by Gasteiger charge is 2.37. The van der Waals surface area contributed by atoms with Crippen molar-refractivity contribution in [3.05, 3.63) is 100 Å². The number of imide groups is 1. The number of fused-ring (bicyclic) bond motifs is 5. The van der Waals surface area contributed by atoms with E-state index >= 15 is 0 Å². The van der Waals surface area contributed by atoms with E-state index in [4.69, 9.17) is 32.0 Å². The Balaban J connectivity index is 1.64. The number of carbonyl (C=O) groups is 2. The van der Waals surface area contributed by atoms with Crippen molar-refractivity contribution in [2.45, 2.75) is 0 Å². The molecule has 1 aliphatic heterocycles. The zero-order valence-electron chi connectivity index (χ0n) is 16.8. The molecule has 4 aromatic carbocycles. The van der Waals surface area contributed by atoms with Gasteiger partial charge in [-0.25, -0.2) is 4.90 Å². The molecule has 1 aliphatic rings. The summed E-state index contributed by atoms with van der Waals surface area (Å²) in [6.45, 7) is 0. The SMILES string of the molecule is O=C1c2cc3oc4ccccc4c4ccccc4oc3cc2C(=O)N1c1ccc(Cl)c(Cl)c1. The topological polar surface area (TPSA) is 63.7 Å². The van der Waals surface area contributed by atoms with Gasteiger partial charge in [-0.3, -0.25) is 9.59 Å². The van der Waals surface area contributed by atoms with Crippen LogP contribution in [0.25, 0.3) is 33.1 Å². The van der Waals surface area contributed by atoms with E-state index in [2.05, 4.69) is 0 Å². The maximum atomic E-state index is 13.2. The van der Waals surface area contributed by atoms with Gasteiger partial charge in [0.15, 0.2) is 11.2 Å². The molecule has 2 heterocycles. The van der Waals surface area contributed by atoms with Gasteiger partial charge in [0.2, 0.25) is 0 Å². The molecule has 0 bridgehead atoms. The summed E-state index contributed by atoms with van der Waals surface area (Å²) < 4.78 is 12.4. The third-order valence-electron chi connectivity index (χ3n) is 5.62. The summed E-state index contributed by atoms with van der Waals surface area (Å²) in [7, 11) is 0. The number of benzene rings is 4. The molecule has 1 aromatic heterocycles. The molecule has 0 radical (unpaired) electrons. The summed E-state index contributed by atoms with van der Waals surface area (Å²) in [6, 6.07) is 22.9. The first-order chi connectivity index (χ1) is 16.0. The standard InChI is InChI=1S/C26H13Cl2NO4/c27-19-10-9-14(11-20(19)28)29-25(30)17-12-23-24(13-18(17)26(29)31)33-22-8-4-2-6-16(22)15-5-1-3-7-21(15)32-23/h1-13H. The van der Waals surface area contributed by atoms with Gasteiger partial charge in [-0.05, 0) is 42.5 Å². The van der Waals surface area contributed by atoms with Crippen molar-refractivity contribution in [3.63, 3.8) is 0 Å². The molecular weight excluding hydrogens is 461 g/mol. The summed E-state index contributed by atoms with van der Waals surface area (Å²) in [4.78, 5) is 27.5. The minimum Gasteiger partial charge on any atom is -0.453 e. The molecule has 0 spiro atoms. The lowest BCUT2D eigenvalue weighted by Crippen LogP contribution is -2.29. The van der Waals surface area contributed by atoms with Gasteiger partial charge in [-0.2, -0.15) is 0 Å². The molecule has 0 fully saturated rings. The molecule has 0 saturated carbocycles. The molecule has 0 N–H and O–H groups in total. The molecule has 7 heteroatoms. The Morgan fingerprint density at radius 1 is 0.576 bits per heavy atom. The second-order valence-corrected chi connectivity index (χ2v) is 8.40. The minimum atomic E-state index is -0.476. The third kappa shape index (κ3) is 3.09. The van der Waals surface area contributed by atoms with Crippen molar-refractivity contribution < 1.29 is 18.4 Å². The maximum absolute atomic E-state index is 13.2. The molecule has 0 atom stereocenters. The lowest BCUT2D eigenvalue weighted by molar-refractivity contribution is 0.0926. The maximum Gasteiger partial charge on any atom is 0.266 e. The molecule has 33 heavy (non-hydrogen) atoms. The first-order valence-electron chi connectivity index (χ1n) is 10.1. The van der Waals surface area contributed by atoms with Crippen LogP contribution >= 0.6 is 23.2 Å². The summed E-state index contributed by atoms with van der Waals surface area (Å²) in [6.07, 6.45) is 0. The monoisotopic (exact) mass is 473 g/mol. The van der Waals surface area contributed by atoms with Crippen LogP contribution in [0.1, 0.15) is 20.7 Å². The Hall–Kier alpha value is -3.80. The quantitative estimate of drug-likeness (QED) is 0.235. The summed E-state index contributed by atoms with van der Waals surface area (Å²) >= 11 is 12.1. The highest BCUT2D eigenvalue weighted by Crippen LogP contribution is 2.35. The van der Waals surface area contributed by atoms with E-state index in [9.17, 15) is 9.59 Å². The zero-order chi connectivity index (χ0) is 22.7. The second kappa shape index (κ2) is 7.37. The first-order valence-corrected chi connectivity index (χ1v) is 10.8. The Kier molecular flexibility index (Phi) is 4.43. The number of halogens is 2. The largest absolute Gasteiger partial charge is 0.453 e. The van der Waals surface area contributed by atoms with Crippen LogP contribution in [0.15, 0.2) is 87.7 Å². The number of anilines is 1. The molecular formula is C26H13Cl2NO4. The van der Waals surface area contributed by atoms with Gasteiger partial charge < -0.3 is 8.83 Å². The van der Waals surface area contributed by atoms with E-state index in [0.29, 0.717) is 33.0 Å². The van der Waals surface area contributed by atoms with Crippen LogP contribution in [0.3, 0.4) is 0 Å². The fourth-order valence-electron chi connectivity index (χ4n) is 4.06. The summed E-state index contributed by atoms with van der Waals surface area (Å²) in [5.74, 6) is -0.953. The molecule has 5 aromatic rings. The minimum absolute atomic E-state index is 0.222. The number of nitrogens with zero attached hydrogens (tertiary/aromatic N) is 1. The lowest BCUT2D eigenvalue weighted by atomic mass is 10.1. The number of amides is 2. The average Bonchev–Trinajstić information content (AvgIpc) is 3.05. The second-order valence-electron chi connectivity index (χ2n) is 7.59. The number of para-hydroxylation sites is 2. The van der Waals surface area contributed by atoms with E-state index in [1.54, 1.807) is 24.3 Å². The van der Waals surface area contributed by atoms with E-state index in [-0.39, 0.29) is 16.1 Å². The average molecular weight is 474 g/mol. The predicted octanol–water partition coefficient (Wildman–Crippen LogP) is 7.56. The highest BCUT2D eigenvalue weighted by molar-refractivity contribution is 6.42. The van der Waals surface area contributed by atoms with Crippen molar-refractivity contribution >= 4 is 73.8 Å². The van der Waals surface area contributed by atoms with Gasteiger partial charge in [0.25, 0.3) is 11.8 Å². The van der Waals surface area contributed by atoms with Gasteiger partial charge in [0.1, 0.15) is 11.2 Å². The Bertz CT molecular complexity index is 1600. The smallest absolute Gasteiger partial charge is 0.266 e. The predicted molar refractivity (Wildman–Crippen MR) is 129 cm³/mol. The van der Waals surface area contributed by atoms with E-state index in [1.807, 2.05) is 48.5 Å². The summed E-state index contributed by atoms with van der Waals surface area (Å²) in [5, 5.41) is 2.30. The number of hydrogen-bond donors (Lipinski definition) is 0. The van der Waals surface area contributed by atoms with Gasteiger partial charge in [-0.1, -0.05) is 59.6 Å². The van der Waals surface area contributed by atoms with Gasteiger partial charge >= 0.3 is 0 Å². The van der Waals surface area contributed by atoms with Crippen molar-refractivity contribution in [2.75, 3.05) is 4.90 Å². The summed E-state index contributed by atoms with van der Waals surface area (Å²) in [5.41, 5.74) is 2.70. The van der Waals surface area contributed by atoms with Crippen LogP contribution in [0.5, 0.6) is 0 Å². The van der Waals surface area contributed by atoms with Crippen molar-refractivity contribution in [3.8, 4) is 0 Å². The molecule has 160 valence electrons. The number of rotatable bonds is 1. The van der Waals surface area contributed by atoms with E-state index < -0.39 is 11.8 Å². The molecule has 5 nitrogen and oxygen atoms in total. The van der Waals surface area contributed by atoms with Crippen LogP contribution < -0.4 is 4.90 Å². The van der Waals surface area contributed by atoms with Crippen molar-refractivity contribution in [1.82, 2.24) is 0 Å². The molecule has 0 aliphatic carbocycles. The molecule has 0 unspecified atom stereocenters. The van der Waals surface area contributed by atoms with Gasteiger partial charge in [0, 0.05) is 10.8 Å². The van der Waals surface area contributed by atoms with Gasteiger partial charge in [-0.15, -0.1) is 0 Å². The Morgan fingerprint density at radius 2 is 1.09 bits per heavy atom. The molecule has 2 amide bonds. The Labute approximate surface area is 197 Å². The van der Waals surface area contributed by atoms with Crippen LogP contribution in [0.2, 0.25) is 10.0 Å². The van der Waals surface area contributed by atoms with E-state index in [1.165, 1.54) is 6.07 Å². The van der Waals surface area contributed by atoms with Crippen LogP contribution in [0, 0.1) is 0 Å². The van der Waals surface area contributed by atoms with Gasteiger partial charge in [0.05, 0.1) is 26.9 Å². The van der Waals surface area contributed by atoms with Crippen LogP contribution in [-0.4, -0.2) is 11.8 Å². The third-order valence-corrected chi connectivity index (χ3v) is 6.36.